The van der Waals surface area contributed by atoms with Crippen LogP contribution < -0.4 is 9.47 Å². The highest BCUT2D eigenvalue weighted by atomic mass is 16.7. The minimum atomic E-state index is -0.748. The van der Waals surface area contributed by atoms with Crippen molar-refractivity contribution in [3.05, 3.63) is 23.8 Å². The quantitative estimate of drug-likeness (QED) is 0.483. The van der Waals surface area contributed by atoms with Crippen LogP contribution in [-0.2, 0) is 14.3 Å². The Balaban J connectivity index is 1.83. The van der Waals surface area contributed by atoms with Crippen molar-refractivity contribution in [1.82, 2.24) is 0 Å². The van der Waals surface area contributed by atoms with E-state index in [0.29, 0.717) is 49.4 Å². The SMILES string of the molecule is CCOC(COc1ccc(OC)cc1C=O)OCC1CC(C(=O)O)C1. The molecular weight excluding hydrogens is 328 g/mol. The number of hydrogen-bond donors (Lipinski definition) is 1. The fourth-order valence-electron chi connectivity index (χ4n) is 2.68. The van der Waals surface area contributed by atoms with E-state index in [0.717, 1.165) is 0 Å². The van der Waals surface area contributed by atoms with Gasteiger partial charge in [0.2, 0.25) is 0 Å². The first-order valence-electron chi connectivity index (χ1n) is 8.29. The minimum absolute atomic E-state index is 0.135. The lowest BCUT2D eigenvalue weighted by molar-refractivity contribution is -0.172. The van der Waals surface area contributed by atoms with Crippen LogP contribution in [0.4, 0.5) is 0 Å². The third kappa shape index (κ3) is 5.44. The van der Waals surface area contributed by atoms with Crippen molar-refractivity contribution >= 4 is 12.3 Å². The Bertz CT molecular complexity index is 581. The first-order chi connectivity index (χ1) is 12.1. The Hall–Kier alpha value is -2.12. The molecule has 1 aliphatic rings. The molecule has 0 aromatic heterocycles. The van der Waals surface area contributed by atoms with Crippen molar-refractivity contribution in [1.29, 1.82) is 0 Å². The van der Waals surface area contributed by atoms with Crippen LogP contribution in [0.15, 0.2) is 18.2 Å². The predicted molar refractivity (Wildman–Crippen MR) is 89.1 cm³/mol. The predicted octanol–water partition coefficient (Wildman–Crippen LogP) is 2.38. The number of benzene rings is 1. The number of hydrogen-bond acceptors (Lipinski definition) is 6. The first kappa shape index (κ1) is 19.2. The van der Waals surface area contributed by atoms with Crippen LogP contribution in [0.25, 0.3) is 0 Å². The van der Waals surface area contributed by atoms with Crippen molar-refractivity contribution < 1.29 is 33.6 Å². The molecule has 1 aromatic rings. The van der Waals surface area contributed by atoms with Gasteiger partial charge in [-0.15, -0.1) is 0 Å². The molecule has 7 heteroatoms. The van der Waals surface area contributed by atoms with Gasteiger partial charge in [-0.25, -0.2) is 0 Å². The second kappa shape index (κ2) is 9.39. The summed E-state index contributed by atoms with van der Waals surface area (Å²) in [7, 11) is 1.53. The third-order valence-electron chi connectivity index (χ3n) is 4.17. The maximum absolute atomic E-state index is 11.2. The lowest BCUT2D eigenvalue weighted by Crippen LogP contribution is -2.35. The molecule has 0 amide bonds. The van der Waals surface area contributed by atoms with E-state index in [1.165, 1.54) is 7.11 Å². The topological polar surface area (TPSA) is 91.3 Å². The number of ether oxygens (including phenoxy) is 4. The van der Waals surface area contributed by atoms with Gasteiger partial charge < -0.3 is 24.1 Å². The van der Waals surface area contributed by atoms with Gasteiger partial charge in [0, 0.05) is 6.61 Å². The van der Waals surface area contributed by atoms with Gasteiger partial charge in [-0.05, 0) is 43.9 Å². The summed E-state index contributed by atoms with van der Waals surface area (Å²) in [6, 6.07) is 4.97. The van der Waals surface area contributed by atoms with E-state index < -0.39 is 12.3 Å². The van der Waals surface area contributed by atoms with Gasteiger partial charge in [-0.3, -0.25) is 9.59 Å². The zero-order valence-corrected chi connectivity index (χ0v) is 14.5. The lowest BCUT2D eigenvalue weighted by atomic mass is 9.75. The van der Waals surface area contributed by atoms with E-state index in [1.807, 2.05) is 6.92 Å². The molecule has 0 heterocycles. The molecule has 0 saturated heterocycles. The maximum Gasteiger partial charge on any atom is 0.306 e. The highest BCUT2D eigenvalue weighted by Gasteiger charge is 2.34. The summed E-state index contributed by atoms with van der Waals surface area (Å²) in [5.41, 5.74) is 0.387. The van der Waals surface area contributed by atoms with E-state index in [9.17, 15) is 9.59 Å². The van der Waals surface area contributed by atoms with E-state index in [4.69, 9.17) is 24.1 Å². The number of carbonyl (C=O) groups excluding carboxylic acids is 1. The van der Waals surface area contributed by atoms with Crippen LogP contribution in [0.5, 0.6) is 11.5 Å². The molecule has 2 rings (SSSR count). The number of aldehydes is 1. The second-order valence-corrected chi connectivity index (χ2v) is 5.92. The molecule has 7 nitrogen and oxygen atoms in total. The number of methoxy groups -OCH3 is 1. The number of carbonyl (C=O) groups is 2. The van der Waals surface area contributed by atoms with Crippen LogP contribution in [0.2, 0.25) is 0 Å². The smallest absolute Gasteiger partial charge is 0.306 e. The molecule has 1 aromatic carbocycles. The van der Waals surface area contributed by atoms with E-state index >= 15 is 0 Å². The zero-order valence-electron chi connectivity index (χ0n) is 14.5. The molecule has 0 bridgehead atoms. The zero-order chi connectivity index (χ0) is 18.2. The van der Waals surface area contributed by atoms with Crippen LogP contribution in [-0.4, -0.2) is 50.6 Å². The summed E-state index contributed by atoms with van der Waals surface area (Å²) < 4.78 is 21.9. The second-order valence-electron chi connectivity index (χ2n) is 5.92. The van der Waals surface area contributed by atoms with Crippen LogP contribution in [0, 0.1) is 11.8 Å². The summed E-state index contributed by atoms with van der Waals surface area (Å²) >= 11 is 0. The summed E-state index contributed by atoms with van der Waals surface area (Å²) in [4.78, 5) is 22.0. The van der Waals surface area contributed by atoms with Crippen molar-refractivity contribution in [2.24, 2.45) is 11.8 Å². The van der Waals surface area contributed by atoms with E-state index in [-0.39, 0.29) is 18.4 Å². The Morgan fingerprint density at radius 2 is 2.12 bits per heavy atom. The molecule has 25 heavy (non-hydrogen) atoms. The van der Waals surface area contributed by atoms with Crippen molar-refractivity contribution in [3.63, 3.8) is 0 Å². The molecular formula is C18H24O7. The average Bonchev–Trinajstić information content (AvgIpc) is 2.57. The van der Waals surface area contributed by atoms with Crippen molar-refractivity contribution in [2.75, 3.05) is 26.9 Å². The van der Waals surface area contributed by atoms with Crippen molar-refractivity contribution in [2.45, 2.75) is 26.1 Å². The highest BCUT2D eigenvalue weighted by molar-refractivity contribution is 5.80. The van der Waals surface area contributed by atoms with Crippen LogP contribution >= 0.6 is 0 Å². The Kier molecular flexibility index (Phi) is 7.21. The number of rotatable bonds is 11. The van der Waals surface area contributed by atoms with Crippen molar-refractivity contribution in [3.8, 4) is 11.5 Å². The van der Waals surface area contributed by atoms with Gasteiger partial charge in [0.25, 0.3) is 0 Å². The number of aliphatic carboxylic acids is 1. The summed E-state index contributed by atoms with van der Waals surface area (Å²) in [6.45, 7) is 2.88. The van der Waals surface area contributed by atoms with Gasteiger partial charge >= 0.3 is 5.97 Å². The minimum Gasteiger partial charge on any atom is -0.497 e. The first-order valence-corrected chi connectivity index (χ1v) is 8.29. The Labute approximate surface area is 146 Å². The summed E-state index contributed by atoms with van der Waals surface area (Å²) in [5.74, 6) is 0.228. The fourth-order valence-corrected chi connectivity index (χ4v) is 2.68. The molecule has 138 valence electrons. The maximum atomic E-state index is 11.2. The molecule has 1 fully saturated rings. The molecule has 1 unspecified atom stereocenters. The van der Waals surface area contributed by atoms with E-state index in [2.05, 4.69) is 0 Å². The summed E-state index contributed by atoms with van der Waals surface area (Å²) in [6.07, 6.45) is 1.39. The molecule has 0 aliphatic heterocycles. The average molecular weight is 352 g/mol. The third-order valence-corrected chi connectivity index (χ3v) is 4.17. The normalized spacial score (nSPS) is 20.4. The summed E-state index contributed by atoms with van der Waals surface area (Å²) in [5, 5.41) is 8.89. The number of carboxylic acids is 1. The molecule has 0 spiro atoms. The standard InChI is InChI=1S/C18H24O7/c1-3-23-17(25-10-12-6-13(7-12)18(20)21)11-24-16-5-4-15(22-2)8-14(16)9-19/h4-5,8-9,12-13,17H,3,6-7,10-11H2,1-2H3,(H,20,21). The molecule has 1 atom stereocenters. The van der Waals surface area contributed by atoms with Gasteiger partial charge in [0.05, 0.1) is 25.2 Å². The highest BCUT2D eigenvalue weighted by Crippen LogP contribution is 2.34. The van der Waals surface area contributed by atoms with Gasteiger partial charge in [0.15, 0.2) is 12.6 Å². The lowest BCUT2D eigenvalue weighted by Gasteiger charge is -2.33. The Morgan fingerprint density at radius 1 is 1.36 bits per heavy atom. The van der Waals surface area contributed by atoms with Gasteiger partial charge in [0.1, 0.15) is 18.1 Å². The monoisotopic (exact) mass is 352 g/mol. The molecule has 0 radical (unpaired) electrons. The molecule has 1 aliphatic carbocycles. The fraction of sp³-hybridized carbons (Fsp3) is 0.556. The Morgan fingerprint density at radius 3 is 2.72 bits per heavy atom. The molecule has 1 saturated carbocycles. The largest absolute Gasteiger partial charge is 0.497 e. The van der Waals surface area contributed by atoms with Gasteiger partial charge in [-0.2, -0.15) is 0 Å². The molecule has 1 N–H and O–H groups in total. The van der Waals surface area contributed by atoms with Crippen LogP contribution in [0.3, 0.4) is 0 Å². The van der Waals surface area contributed by atoms with E-state index in [1.54, 1.807) is 18.2 Å². The number of carboxylic acid groups (broad SMARTS) is 1. The van der Waals surface area contributed by atoms with Gasteiger partial charge in [-0.1, -0.05) is 0 Å². The van der Waals surface area contributed by atoms with Crippen LogP contribution in [0.1, 0.15) is 30.1 Å².